The molecule has 2 atom stereocenters. The van der Waals surface area contributed by atoms with Gasteiger partial charge in [-0.3, -0.25) is 4.79 Å². The van der Waals surface area contributed by atoms with Crippen molar-refractivity contribution < 1.29 is 4.79 Å². The molecular weight excluding hydrogens is 286 g/mol. The Bertz CT molecular complexity index is 612. The van der Waals surface area contributed by atoms with Crippen molar-refractivity contribution in [3.8, 4) is 0 Å². The number of fused-ring (bicyclic) bond motifs is 2. The fraction of sp³-hybridized carbons (Fsp3) is 0.526. The normalized spacial score (nSPS) is 26.3. The highest BCUT2D eigenvalue weighted by Gasteiger charge is 2.37. The molecule has 3 rings (SSSR count). The Balaban J connectivity index is 1.86. The fourth-order valence-corrected chi connectivity index (χ4v) is 3.79. The minimum Gasteiger partial charge on any atom is -0.396 e. The number of carbonyl (C=O) groups excluding carboxylic acids is 1. The van der Waals surface area contributed by atoms with Gasteiger partial charge in [0.25, 0.3) is 0 Å². The van der Waals surface area contributed by atoms with E-state index in [2.05, 4.69) is 30.2 Å². The van der Waals surface area contributed by atoms with Crippen molar-refractivity contribution in [3.05, 3.63) is 47.0 Å². The van der Waals surface area contributed by atoms with Crippen molar-refractivity contribution in [1.82, 2.24) is 10.6 Å². The van der Waals surface area contributed by atoms with Gasteiger partial charge in [-0.15, -0.1) is 6.58 Å². The summed E-state index contributed by atoms with van der Waals surface area (Å²) in [7, 11) is 0. The van der Waals surface area contributed by atoms with Crippen molar-refractivity contribution in [2.24, 2.45) is 11.7 Å². The number of nitrogens with two attached hydrogens (primary N) is 1. The molecule has 0 bridgehead atoms. The third kappa shape index (κ3) is 2.94. The molecule has 1 aliphatic carbocycles. The molecule has 4 N–H and O–H groups in total. The van der Waals surface area contributed by atoms with Gasteiger partial charge in [-0.05, 0) is 37.3 Å². The van der Waals surface area contributed by atoms with Crippen molar-refractivity contribution >= 4 is 5.78 Å². The largest absolute Gasteiger partial charge is 0.396 e. The van der Waals surface area contributed by atoms with Gasteiger partial charge in [0.1, 0.15) is 0 Å². The van der Waals surface area contributed by atoms with Crippen LogP contribution >= 0.6 is 0 Å². The molecule has 0 amide bonds. The minimum atomic E-state index is -0.0396. The zero-order chi connectivity index (χ0) is 16.4. The summed E-state index contributed by atoms with van der Waals surface area (Å²) in [6.07, 6.45) is 10.3. The second-order valence-corrected chi connectivity index (χ2v) is 6.73. The molecule has 4 nitrogen and oxygen atoms in total. The number of ketones is 1. The predicted molar refractivity (Wildman–Crippen MR) is 93.3 cm³/mol. The van der Waals surface area contributed by atoms with Crippen LogP contribution in [0.5, 0.6) is 0 Å². The number of nitrogens with one attached hydrogen (secondary N) is 2. The van der Waals surface area contributed by atoms with Gasteiger partial charge < -0.3 is 16.4 Å². The molecule has 0 fully saturated rings. The molecule has 0 radical (unpaired) electrons. The summed E-state index contributed by atoms with van der Waals surface area (Å²) in [5.74, 6) is 0.0330. The summed E-state index contributed by atoms with van der Waals surface area (Å²) >= 11 is 0. The monoisotopic (exact) mass is 313 g/mol. The van der Waals surface area contributed by atoms with Crippen molar-refractivity contribution in [1.29, 1.82) is 0 Å². The average Bonchev–Trinajstić information content (AvgIpc) is 2.94. The lowest BCUT2D eigenvalue weighted by atomic mass is 9.79. The fourth-order valence-electron chi connectivity index (χ4n) is 3.79. The summed E-state index contributed by atoms with van der Waals surface area (Å²) in [6, 6.07) is 0.150. The first-order valence-corrected chi connectivity index (χ1v) is 8.75. The van der Waals surface area contributed by atoms with Gasteiger partial charge in [0.15, 0.2) is 5.78 Å². The van der Waals surface area contributed by atoms with E-state index in [0.29, 0.717) is 12.1 Å². The third-order valence-electron chi connectivity index (χ3n) is 5.11. The number of unbranched alkanes of at least 4 members (excludes halogenated alkanes) is 2. The van der Waals surface area contributed by atoms with E-state index in [0.717, 1.165) is 30.7 Å². The van der Waals surface area contributed by atoms with Crippen molar-refractivity contribution in [3.63, 3.8) is 0 Å². The van der Waals surface area contributed by atoms with Gasteiger partial charge in [0.2, 0.25) is 0 Å². The summed E-state index contributed by atoms with van der Waals surface area (Å²) in [5.41, 5.74) is 11.3. The maximum Gasteiger partial charge on any atom is 0.182 e. The van der Waals surface area contributed by atoms with Gasteiger partial charge in [-0.25, -0.2) is 0 Å². The molecule has 2 aliphatic heterocycles. The molecule has 0 spiro atoms. The maximum absolute atomic E-state index is 12.4. The lowest BCUT2D eigenvalue weighted by Gasteiger charge is -2.35. The molecule has 0 aromatic heterocycles. The number of carbonyl (C=O) groups is 1. The smallest absolute Gasteiger partial charge is 0.182 e. The first-order valence-electron chi connectivity index (χ1n) is 8.75. The highest BCUT2D eigenvalue weighted by atomic mass is 16.1. The van der Waals surface area contributed by atoms with Crippen LogP contribution in [-0.4, -0.2) is 18.4 Å². The number of hydrogen-bond acceptors (Lipinski definition) is 4. The topological polar surface area (TPSA) is 67.2 Å². The van der Waals surface area contributed by atoms with E-state index in [-0.39, 0.29) is 17.7 Å². The molecular formula is C19H27N3O. The number of allylic oxidation sites excluding steroid dienone is 2. The predicted octanol–water partition coefficient (Wildman–Crippen LogP) is 2.66. The highest BCUT2D eigenvalue weighted by Crippen LogP contribution is 2.35. The van der Waals surface area contributed by atoms with E-state index in [9.17, 15) is 4.79 Å². The van der Waals surface area contributed by atoms with E-state index in [4.69, 9.17) is 5.73 Å². The first-order chi connectivity index (χ1) is 11.2. The second-order valence-electron chi connectivity index (χ2n) is 6.73. The van der Waals surface area contributed by atoms with Crippen LogP contribution in [0.1, 0.15) is 45.4 Å². The van der Waals surface area contributed by atoms with Crippen LogP contribution in [0.25, 0.3) is 0 Å². The Labute approximate surface area is 138 Å². The van der Waals surface area contributed by atoms with Gasteiger partial charge in [-0.1, -0.05) is 25.8 Å². The van der Waals surface area contributed by atoms with E-state index in [1.165, 1.54) is 30.5 Å². The first kappa shape index (κ1) is 15.9. The lowest BCUT2D eigenvalue weighted by molar-refractivity contribution is -0.120. The Morgan fingerprint density at radius 1 is 1.43 bits per heavy atom. The van der Waals surface area contributed by atoms with Crippen LogP contribution in [0, 0.1) is 5.92 Å². The number of Topliss-reactive ketones (excluding diaryl/α,β-unsaturated/α-hetero) is 1. The third-order valence-corrected chi connectivity index (χ3v) is 5.11. The Morgan fingerprint density at radius 2 is 2.26 bits per heavy atom. The average molecular weight is 313 g/mol. The summed E-state index contributed by atoms with van der Waals surface area (Å²) in [6.45, 7) is 6.90. The molecule has 23 heavy (non-hydrogen) atoms. The molecule has 124 valence electrons. The van der Waals surface area contributed by atoms with Crippen LogP contribution in [-0.2, 0) is 4.79 Å². The zero-order valence-electron chi connectivity index (χ0n) is 14.0. The highest BCUT2D eigenvalue weighted by molar-refractivity contribution is 5.99. The van der Waals surface area contributed by atoms with Gasteiger partial charge in [0, 0.05) is 18.0 Å². The van der Waals surface area contributed by atoms with Crippen LogP contribution < -0.4 is 16.4 Å². The quantitative estimate of drug-likeness (QED) is 0.521. The van der Waals surface area contributed by atoms with Crippen LogP contribution in [0.2, 0.25) is 0 Å². The number of rotatable bonds is 6. The second kappa shape index (κ2) is 6.65. The molecule has 2 unspecified atom stereocenters. The van der Waals surface area contributed by atoms with E-state index in [1.807, 2.05) is 6.08 Å². The van der Waals surface area contributed by atoms with Crippen LogP contribution in [0.3, 0.4) is 0 Å². The molecule has 0 saturated carbocycles. The Morgan fingerprint density at radius 3 is 3.00 bits per heavy atom. The van der Waals surface area contributed by atoms with Crippen LogP contribution in [0.15, 0.2) is 47.0 Å². The van der Waals surface area contributed by atoms with E-state index >= 15 is 0 Å². The molecule has 4 heteroatoms. The Kier molecular flexibility index (Phi) is 4.60. The number of hydrogen-bond donors (Lipinski definition) is 3. The van der Waals surface area contributed by atoms with Crippen molar-refractivity contribution in [2.45, 2.75) is 51.5 Å². The van der Waals surface area contributed by atoms with Crippen molar-refractivity contribution in [2.75, 3.05) is 6.54 Å². The van der Waals surface area contributed by atoms with Gasteiger partial charge in [-0.2, -0.15) is 0 Å². The summed E-state index contributed by atoms with van der Waals surface area (Å²) in [4.78, 5) is 12.4. The minimum absolute atomic E-state index is 0.0396. The molecule has 2 heterocycles. The van der Waals surface area contributed by atoms with E-state index < -0.39 is 0 Å². The maximum atomic E-state index is 12.4. The SMILES string of the molecule is C=CCC1CC2NC3=C(CCCCC)CNC3=CC2=C(N)C1=O. The summed E-state index contributed by atoms with van der Waals surface area (Å²) < 4.78 is 0. The molecule has 0 saturated heterocycles. The van der Waals surface area contributed by atoms with Crippen LogP contribution in [0.4, 0.5) is 0 Å². The zero-order valence-corrected chi connectivity index (χ0v) is 14.0. The van der Waals surface area contributed by atoms with E-state index in [1.54, 1.807) is 0 Å². The molecule has 0 aromatic carbocycles. The molecule has 0 aromatic rings. The Hall–Kier alpha value is -1.97. The summed E-state index contributed by atoms with van der Waals surface area (Å²) in [5, 5.41) is 7.11. The standard InChI is InChI=1S/C19H27N3O/c1-3-5-6-8-13-11-21-16-10-14-15(22-18(13)16)9-12(7-4-2)19(23)17(14)20/h4,10,12,15,21-22H,2-3,5-9,11,20H2,1H3. The van der Waals surface area contributed by atoms with Gasteiger partial charge >= 0.3 is 0 Å². The molecule has 3 aliphatic rings. The lowest BCUT2D eigenvalue weighted by Crippen LogP contribution is -2.44. The van der Waals surface area contributed by atoms with Gasteiger partial charge in [0.05, 0.1) is 23.1 Å².